The van der Waals surface area contributed by atoms with Crippen molar-refractivity contribution < 1.29 is 14.0 Å². The Morgan fingerprint density at radius 1 is 1.12 bits per heavy atom. The molecule has 4 rings (SSSR count). The van der Waals surface area contributed by atoms with Crippen LogP contribution in [0.4, 0.5) is 0 Å². The first-order valence-corrected chi connectivity index (χ1v) is 15.2. The van der Waals surface area contributed by atoms with Crippen molar-refractivity contribution in [2.45, 2.75) is 51.9 Å². The van der Waals surface area contributed by atoms with Crippen LogP contribution in [-0.2, 0) is 20.8 Å². The number of aromatic nitrogens is 2. The van der Waals surface area contributed by atoms with E-state index in [1.54, 1.807) is 0 Å². The molecule has 0 aliphatic carbocycles. The Labute approximate surface area is 198 Å². The highest BCUT2D eigenvalue weighted by molar-refractivity contribution is 6.76. The highest BCUT2D eigenvalue weighted by atomic mass is 28.3. The van der Waals surface area contributed by atoms with Gasteiger partial charge < -0.3 is 14.0 Å². The standard InChI is InChI=1S/C26H33BN2O3Si/c1-20-26(2,3)32-27(31-20)22-13-15-25-23(18-22)24(14-12-21-10-8-7-9-11-21)28-29(25)19-30-16-17-33(4,5)6/h7-15,18H,1,16-17,19H2,2-6H3/b14-12+. The fourth-order valence-electron chi connectivity index (χ4n) is 3.62. The number of rotatable bonds is 8. The zero-order chi connectivity index (χ0) is 23.6. The van der Waals surface area contributed by atoms with Gasteiger partial charge in [-0.25, -0.2) is 4.68 Å². The quantitative estimate of drug-likeness (QED) is 0.327. The lowest BCUT2D eigenvalue weighted by Crippen LogP contribution is -2.34. The van der Waals surface area contributed by atoms with Gasteiger partial charge in [-0.1, -0.05) is 68.7 Å². The van der Waals surface area contributed by atoms with E-state index < -0.39 is 20.8 Å². The van der Waals surface area contributed by atoms with Crippen LogP contribution in [0.15, 0.2) is 60.9 Å². The minimum absolute atomic E-state index is 0.430. The van der Waals surface area contributed by atoms with Gasteiger partial charge in [0.05, 0.1) is 17.0 Å². The van der Waals surface area contributed by atoms with Gasteiger partial charge in [-0.15, -0.1) is 0 Å². The second-order valence-corrected chi connectivity index (χ2v) is 15.9. The van der Waals surface area contributed by atoms with E-state index in [1.807, 2.05) is 42.8 Å². The first kappa shape index (κ1) is 23.5. The molecule has 0 amide bonds. The maximum atomic E-state index is 6.10. The van der Waals surface area contributed by atoms with Gasteiger partial charge in [0.2, 0.25) is 0 Å². The smallest absolute Gasteiger partial charge is 0.534 e. The topological polar surface area (TPSA) is 45.5 Å². The maximum Gasteiger partial charge on any atom is 0.563 e. The van der Waals surface area contributed by atoms with Crippen LogP contribution in [0.2, 0.25) is 25.7 Å². The first-order chi connectivity index (χ1) is 15.6. The van der Waals surface area contributed by atoms with Gasteiger partial charge in [0.25, 0.3) is 0 Å². The molecule has 0 N–H and O–H groups in total. The Balaban J connectivity index is 1.64. The van der Waals surface area contributed by atoms with Gasteiger partial charge in [-0.2, -0.15) is 5.10 Å². The lowest BCUT2D eigenvalue weighted by molar-refractivity contribution is 0.0816. The van der Waals surface area contributed by atoms with Crippen molar-refractivity contribution in [3.63, 3.8) is 0 Å². The summed E-state index contributed by atoms with van der Waals surface area (Å²) in [5.74, 6) is 0.642. The summed E-state index contributed by atoms with van der Waals surface area (Å²) in [6, 6.07) is 17.6. The summed E-state index contributed by atoms with van der Waals surface area (Å²) < 4.78 is 20.0. The summed E-state index contributed by atoms with van der Waals surface area (Å²) >= 11 is 0. The zero-order valence-corrected chi connectivity index (χ0v) is 21.3. The van der Waals surface area contributed by atoms with E-state index in [9.17, 15) is 0 Å². The molecule has 1 fully saturated rings. The van der Waals surface area contributed by atoms with Crippen LogP contribution in [-0.4, -0.2) is 37.2 Å². The number of benzene rings is 2. The third-order valence-electron chi connectivity index (χ3n) is 5.84. The molecule has 5 nitrogen and oxygen atoms in total. The van der Waals surface area contributed by atoms with Crippen LogP contribution < -0.4 is 5.46 Å². The Morgan fingerprint density at radius 2 is 1.88 bits per heavy atom. The molecular formula is C26H33BN2O3Si. The number of ether oxygens (including phenoxy) is 1. The van der Waals surface area contributed by atoms with Crippen molar-refractivity contribution in [2.75, 3.05) is 6.61 Å². The fourth-order valence-corrected chi connectivity index (χ4v) is 4.38. The minimum Gasteiger partial charge on any atom is -0.534 e. The largest absolute Gasteiger partial charge is 0.563 e. The molecule has 0 unspecified atom stereocenters. The van der Waals surface area contributed by atoms with Crippen molar-refractivity contribution >= 4 is 43.7 Å². The number of hydrogen-bond acceptors (Lipinski definition) is 4. The van der Waals surface area contributed by atoms with Gasteiger partial charge in [0, 0.05) is 20.1 Å². The van der Waals surface area contributed by atoms with Crippen LogP contribution in [0.1, 0.15) is 25.1 Å². The molecule has 172 valence electrons. The van der Waals surface area contributed by atoms with E-state index in [2.05, 4.69) is 62.6 Å². The number of nitrogens with zero attached hydrogens (tertiary/aromatic N) is 2. The van der Waals surface area contributed by atoms with E-state index in [1.165, 1.54) is 0 Å². The van der Waals surface area contributed by atoms with Crippen molar-refractivity contribution in [1.82, 2.24) is 9.78 Å². The molecule has 1 aliphatic heterocycles. The van der Waals surface area contributed by atoms with Gasteiger partial charge >= 0.3 is 7.12 Å². The summed E-state index contributed by atoms with van der Waals surface area (Å²) in [5, 5.41) is 5.90. The summed E-state index contributed by atoms with van der Waals surface area (Å²) in [6.45, 7) is 16.2. The summed E-state index contributed by atoms with van der Waals surface area (Å²) in [6.07, 6.45) is 4.14. The van der Waals surface area contributed by atoms with E-state index in [4.69, 9.17) is 19.1 Å². The SMILES string of the molecule is C=C1OB(c2ccc3c(c2)c(/C=C/c2ccccc2)nn3COCC[Si](C)(C)C)OC1(C)C. The molecule has 0 bridgehead atoms. The van der Waals surface area contributed by atoms with E-state index >= 15 is 0 Å². The average Bonchev–Trinajstić information content (AvgIpc) is 3.25. The van der Waals surface area contributed by atoms with Crippen LogP contribution in [0.3, 0.4) is 0 Å². The molecule has 33 heavy (non-hydrogen) atoms. The molecule has 1 aromatic heterocycles. The predicted molar refractivity (Wildman–Crippen MR) is 140 cm³/mol. The molecule has 1 aliphatic rings. The summed E-state index contributed by atoms with van der Waals surface area (Å²) in [4.78, 5) is 0. The first-order valence-electron chi connectivity index (χ1n) is 11.5. The lowest BCUT2D eigenvalue weighted by Gasteiger charge is -2.15. The monoisotopic (exact) mass is 460 g/mol. The highest BCUT2D eigenvalue weighted by Gasteiger charge is 2.42. The Bertz CT molecular complexity index is 1170. The fraction of sp³-hybridized carbons (Fsp3) is 0.346. The van der Waals surface area contributed by atoms with Crippen LogP contribution in [0, 0.1) is 0 Å². The highest BCUT2D eigenvalue weighted by Crippen LogP contribution is 2.30. The lowest BCUT2D eigenvalue weighted by atomic mass is 9.78. The van der Waals surface area contributed by atoms with E-state index in [-0.39, 0.29) is 0 Å². The second kappa shape index (κ2) is 9.33. The molecule has 3 aromatic rings. The molecule has 7 heteroatoms. The summed E-state index contributed by atoms with van der Waals surface area (Å²) in [7, 11) is -1.61. The molecule has 2 heterocycles. The average molecular weight is 460 g/mol. The van der Waals surface area contributed by atoms with Gasteiger partial charge in [-0.05, 0) is 49.1 Å². The summed E-state index contributed by atoms with van der Waals surface area (Å²) in [5.41, 5.74) is 3.48. The number of fused-ring (bicyclic) bond motifs is 1. The third kappa shape index (κ3) is 5.67. The maximum absolute atomic E-state index is 6.10. The normalized spacial score (nSPS) is 16.2. The van der Waals surface area contributed by atoms with Crippen molar-refractivity contribution in [1.29, 1.82) is 0 Å². The van der Waals surface area contributed by atoms with Gasteiger partial charge in [0.15, 0.2) is 0 Å². The van der Waals surface area contributed by atoms with Crippen LogP contribution in [0.25, 0.3) is 23.1 Å². The van der Waals surface area contributed by atoms with Gasteiger partial charge in [0.1, 0.15) is 12.3 Å². The molecule has 2 aromatic carbocycles. The van der Waals surface area contributed by atoms with Crippen molar-refractivity contribution in [3.05, 3.63) is 72.1 Å². The molecule has 0 radical (unpaired) electrons. The second-order valence-electron chi connectivity index (χ2n) is 10.3. The van der Waals surface area contributed by atoms with Crippen LogP contribution in [0.5, 0.6) is 0 Å². The minimum atomic E-state index is -1.13. The van der Waals surface area contributed by atoms with Crippen LogP contribution >= 0.6 is 0 Å². The number of hydrogen-bond donors (Lipinski definition) is 0. The van der Waals surface area contributed by atoms with E-state index in [0.29, 0.717) is 12.5 Å². The van der Waals surface area contributed by atoms with E-state index in [0.717, 1.165) is 40.3 Å². The predicted octanol–water partition coefficient (Wildman–Crippen LogP) is 5.55. The van der Waals surface area contributed by atoms with Crippen molar-refractivity contribution in [3.8, 4) is 0 Å². The molecular weight excluding hydrogens is 427 g/mol. The molecule has 1 saturated heterocycles. The Hall–Kier alpha value is -2.61. The zero-order valence-electron chi connectivity index (χ0n) is 20.3. The Kier molecular flexibility index (Phi) is 6.66. The Morgan fingerprint density at radius 3 is 2.55 bits per heavy atom. The molecule has 0 saturated carbocycles. The molecule has 0 atom stereocenters. The van der Waals surface area contributed by atoms with Gasteiger partial charge in [-0.3, -0.25) is 0 Å². The van der Waals surface area contributed by atoms with Crippen molar-refractivity contribution in [2.24, 2.45) is 0 Å². The molecule has 0 spiro atoms. The third-order valence-corrected chi connectivity index (χ3v) is 7.55.